The average Bonchev–Trinajstić information content (AvgIpc) is 2.87. The molecule has 7 nitrogen and oxygen atoms in total. The maximum Gasteiger partial charge on any atom is 0.255 e. The number of carbonyl (C=O) groups is 1. The SMILES string of the molecule is N#CCN1CCOC2(CCN(C(=O)c3ccnnc3)CC2)c2ccccc21. The number of anilines is 1. The van der Waals surface area contributed by atoms with E-state index < -0.39 is 5.60 Å². The summed E-state index contributed by atoms with van der Waals surface area (Å²) in [6.07, 6.45) is 4.50. The lowest BCUT2D eigenvalue weighted by Gasteiger charge is -2.42. The van der Waals surface area contributed by atoms with E-state index in [4.69, 9.17) is 10.00 Å². The van der Waals surface area contributed by atoms with E-state index in [-0.39, 0.29) is 5.91 Å². The van der Waals surface area contributed by atoms with E-state index in [1.54, 1.807) is 6.07 Å². The fourth-order valence-electron chi connectivity index (χ4n) is 4.02. The molecule has 138 valence electrons. The van der Waals surface area contributed by atoms with Gasteiger partial charge < -0.3 is 14.5 Å². The summed E-state index contributed by atoms with van der Waals surface area (Å²) in [6, 6.07) is 12.1. The highest BCUT2D eigenvalue weighted by Crippen LogP contribution is 2.43. The number of benzene rings is 1. The van der Waals surface area contributed by atoms with Gasteiger partial charge in [-0.25, -0.2) is 0 Å². The molecule has 1 saturated heterocycles. The van der Waals surface area contributed by atoms with Gasteiger partial charge in [0, 0.05) is 30.9 Å². The Hall–Kier alpha value is -2.98. The van der Waals surface area contributed by atoms with Crippen molar-refractivity contribution in [3.63, 3.8) is 0 Å². The van der Waals surface area contributed by atoms with Crippen molar-refractivity contribution in [2.75, 3.05) is 37.7 Å². The first kappa shape index (κ1) is 17.4. The molecule has 0 atom stereocenters. The van der Waals surface area contributed by atoms with Crippen LogP contribution in [-0.2, 0) is 10.3 Å². The predicted molar refractivity (Wildman–Crippen MR) is 99.1 cm³/mol. The molecule has 1 spiro atoms. The molecule has 1 fully saturated rings. The van der Waals surface area contributed by atoms with Gasteiger partial charge >= 0.3 is 0 Å². The Morgan fingerprint density at radius 3 is 2.74 bits per heavy atom. The van der Waals surface area contributed by atoms with Gasteiger partial charge in [0.1, 0.15) is 6.54 Å². The van der Waals surface area contributed by atoms with Gasteiger partial charge in [-0.15, -0.1) is 0 Å². The Balaban J connectivity index is 1.57. The van der Waals surface area contributed by atoms with Gasteiger partial charge in [0.05, 0.1) is 36.2 Å². The molecule has 0 saturated carbocycles. The number of nitriles is 1. The molecule has 0 radical (unpaired) electrons. The third-order valence-electron chi connectivity index (χ3n) is 5.43. The zero-order valence-electron chi connectivity index (χ0n) is 15.0. The maximum atomic E-state index is 12.7. The number of aromatic nitrogens is 2. The second kappa shape index (κ2) is 7.33. The lowest BCUT2D eigenvalue weighted by atomic mass is 9.83. The van der Waals surface area contributed by atoms with Gasteiger partial charge in [-0.1, -0.05) is 18.2 Å². The van der Waals surface area contributed by atoms with Crippen LogP contribution >= 0.6 is 0 Å². The summed E-state index contributed by atoms with van der Waals surface area (Å²) in [5.41, 5.74) is 2.34. The number of fused-ring (bicyclic) bond motifs is 2. The Labute approximate surface area is 158 Å². The summed E-state index contributed by atoms with van der Waals surface area (Å²) in [5.74, 6) is -0.0206. The molecule has 4 rings (SSSR count). The maximum absolute atomic E-state index is 12.7. The number of hydrogen-bond acceptors (Lipinski definition) is 6. The Kier molecular flexibility index (Phi) is 4.73. The van der Waals surface area contributed by atoms with Crippen molar-refractivity contribution < 1.29 is 9.53 Å². The van der Waals surface area contributed by atoms with Crippen molar-refractivity contribution in [2.24, 2.45) is 0 Å². The predicted octanol–water partition coefficient (Wildman–Crippen LogP) is 1.97. The van der Waals surface area contributed by atoms with Crippen LogP contribution in [0, 0.1) is 11.3 Å². The highest BCUT2D eigenvalue weighted by atomic mass is 16.5. The molecule has 0 unspecified atom stereocenters. The van der Waals surface area contributed by atoms with Crippen LogP contribution in [-0.4, -0.2) is 53.8 Å². The molecule has 1 amide bonds. The van der Waals surface area contributed by atoms with E-state index in [1.165, 1.54) is 12.4 Å². The zero-order valence-corrected chi connectivity index (χ0v) is 15.0. The normalized spacial score (nSPS) is 18.5. The van der Waals surface area contributed by atoms with E-state index in [2.05, 4.69) is 33.3 Å². The minimum atomic E-state index is -0.409. The molecule has 2 aliphatic heterocycles. The Morgan fingerprint density at radius 1 is 1.19 bits per heavy atom. The largest absolute Gasteiger partial charge is 0.368 e. The van der Waals surface area contributed by atoms with E-state index in [9.17, 15) is 4.79 Å². The highest BCUT2D eigenvalue weighted by Gasteiger charge is 2.42. The first-order valence-corrected chi connectivity index (χ1v) is 9.15. The summed E-state index contributed by atoms with van der Waals surface area (Å²) >= 11 is 0. The van der Waals surface area contributed by atoms with Crippen molar-refractivity contribution in [3.05, 3.63) is 53.9 Å². The van der Waals surface area contributed by atoms with Crippen LogP contribution in [0.25, 0.3) is 0 Å². The quantitative estimate of drug-likeness (QED) is 0.759. The van der Waals surface area contributed by atoms with Crippen molar-refractivity contribution >= 4 is 11.6 Å². The van der Waals surface area contributed by atoms with Gasteiger partial charge in [-0.3, -0.25) is 4.79 Å². The molecule has 27 heavy (non-hydrogen) atoms. The monoisotopic (exact) mass is 363 g/mol. The lowest BCUT2D eigenvalue weighted by molar-refractivity contribution is -0.0791. The summed E-state index contributed by atoms with van der Waals surface area (Å²) in [7, 11) is 0. The fourth-order valence-corrected chi connectivity index (χ4v) is 4.02. The summed E-state index contributed by atoms with van der Waals surface area (Å²) in [4.78, 5) is 16.6. The molecule has 2 aliphatic rings. The van der Waals surface area contributed by atoms with Crippen molar-refractivity contribution in [1.29, 1.82) is 5.26 Å². The number of para-hydroxylation sites is 1. The van der Waals surface area contributed by atoms with Gasteiger partial charge in [-0.05, 0) is 25.0 Å². The van der Waals surface area contributed by atoms with Crippen LogP contribution < -0.4 is 4.90 Å². The number of likely N-dealkylation sites (tertiary alicyclic amines) is 1. The number of rotatable bonds is 2. The van der Waals surface area contributed by atoms with Gasteiger partial charge in [0.15, 0.2) is 0 Å². The first-order chi connectivity index (χ1) is 13.2. The van der Waals surface area contributed by atoms with Crippen molar-refractivity contribution in [2.45, 2.75) is 18.4 Å². The van der Waals surface area contributed by atoms with Crippen molar-refractivity contribution in [1.82, 2.24) is 15.1 Å². The minimum Gasteiger partial charge on any atom is -0.368 e. The third-order valence-corrected chi connectivity index (χ3v) is 5.43. The second-order valence-corrected chi connectivity index (χ2v) is 6.86. The van der Waals surface area contributed by atoms with Crippen LogP contribution in [0.3, 0.4) is 0 Å². The second-order valence-electron chi connectivity index (χ2n) is 6.86. The van der Waals surface area contributed by atoms with Crippen LogP contribution in [0.2, 0.25) is 0 Å². The average molecular weight is 363 g/mol. The number of piperidine rings is 1. The van der Waals surface area contributed by atoms with Crippen LogP contribution in [0.5, 0.6) is 0 Å². The summed E-state index contributed by atoms with van der Waals surface area (Å²) < 4.78 is 6.36. The molecule has 7 heteroatoms. The number of amides is 1. The smallest absolute Gasteiger partial charge is 0.255 e. The number of carbonyl (C=O) groups excluding carboxylic acids is 1. The zero-order chi connectivity index (χ0) is 18.7. The Bertz CT molecular complexity index is 856. The number of nitrogens with zero attached hydrogens (tertiary/aromatic N) is 5. The molecule has 0 bridgehead atoms. The minimum absolute atomic E-state index is 0.0206. The molecular weight excluding hydrogens is 342 g/mol. The number of ether oxygens (including phenoxy) is 1. The van der Waals surface area contributed by atoms with Crippen molar-refractivity contribution in [3.8, 4) is 6.07 Å². The van der Waals surface area contributed by atoms with E-state index in [0.29, 0.717) is 38.3 Å². The number of hydrogen-bond donors (Lipinski definition) is 0. The molecule has 0 aliphatic carbocycles. The topological polar surface area (TPSA) is 82.4 Å². The van der Waals surface area contributed by atoms with Gasteiger partial charge in [0.2, 0.25) is 0 Å². The van der Waals surface area contributed by atoms with Crippen LogP contribution in [0.1, 0.15) is 28.8 Å². The first-order valence-electron chi connectivity index (χ1n) is 9.15. The summed E-state index contributed by atoms with van der Waals surface area (Å²) in [5, 5.41) is 16.7. The van der Waals surface area contributed by atoms with E-state index >= 15 is 0 Å². The molecule has 1 aromatic heterocycles. The standard InChI is InChI=1S/C20H21N5O2/c21-8-12-24-13-14-27-20(17-3-1-2-4-18(17)24)6-10-25(11-7-20)19(26)16-5-9-22-23-15-16/h1-5,9,15H,6-7,10-14H2. The van der Waals surface area contributed by atoms with E-state index in [1.807, 2.05) is 17.0 Å². The van der Waals surface area contributed by atoms with Gasteiger partial charge in [0.25, 0.3) is 5.91 Å². The van der Waals surface area contributed by atoms with Crippen LogP contribution in [0.4, 0.5) is 5.69 Å². The lowest BCUT2D eigenvalue weighted by Crippen LogP contribution is -2.46. The molecule has 0 N–H and O–H groups in total. The third kappa shape index (κ3) is 3.24. The van der Waals surface area contributed by atoms with Gasteiger partial charge in [-0.2, -0.15) is 15.5 Å². The fraction of sp³-hybridized carbons (Fsp3) is 0.400. The highest BCUT2D eigenvalue weighted by molar-refractivity contribution is 5.93. The molecule has 1 aromatic carbocycles. The van der Waals surface area contributed by atoms with Crippen LogP contribution in [0.15, 0.2) is 42.7 Å². The molecule has 3 heterocycles. The Morgan fingerprint density at radius 2 is 2.00 bits per heavy atom. The summed E-state index contributed by atoms with van der Waals surface area (Å²) in [6.45, 7) is 2.84. The molecule has 2 aromatic rings. The molecular formula is C20H21N5O2. The van der Waals surface area contributed by atoms with E-state index in [0.717, 1.165) is 24.1 Å².